The van der Waals surface area contributed by atoms with Crippen LogP contribution in [0.4, 0.5) is 0 Å². The summed E-state index contributed by atoms with van der Waals surface area (Å²) in [4.78, 5) is 23.6. The van der Waals surface area contributed by atoms with E-state index in [0.717, 1.165) is 21.6 Å². The zero-order chi connectivity index (χ0) is 13.7. The van der Waals surface area contributed by atoms with Gasteiger partial charge >= 0.3 is 0 Å². The Kier molecular flexibility index (Phi) is 5.07. The normalized spacial score (nSPS) is 10.2. The van der Waals surface area contributed by atoms with E-state index in [1.54, 1.807) is 48.5 Å². The predicted octanol–water partition coefficient (Wildman–Crippen LogP) is 4.70. The van der Waals surface area contributed by atoms with E-state index < -0.39 is 0 Å². The van der Waals surface area contributed by atoms with Crippen molar-refractivity contribution in [1.82, 2.24) is 0 Å². The lowest BCUT2D eigenvalue weighted by Gasteiger charge is -2.00. The molecule has 0 heterocycles. The molecular formula is C14H9ClO2S2. The minimum atomic E-state index is -0.161. The van der Waals surface area contributed by atoms with Gasteiger partial charge in [0, 0.05) is 16.1 Å². The molecular weight excluding hydrogens is 300 g/mol. The van der Waals surface area contributed by atoms with Gasteiger partial charge in [-0.25, -0.2) is 0 Å². The molecule has 0 saturated heterocycles. The van der Waals surface area contributed by atoms with E-state index >= 15 is 0 Å². The van der Waals surface area contributed by atoms with Crippen molar-refractivity contribution in [3.8, 4) is 0 Å². The smallest absolute Gasteiger partial charge is 0.230 e. The molecule has 0 unspecified atom stereocenters. The van der Waals surface area contributed by atoms with Crippen LogP contribution in [0.5, 0.6) is 0 Å². The van der Waals surface area contributed by atoms with Crippen LogP contribution < -0.4 is 0 Å². The fourth-order valence-electron chi connectivity index (χ4n) is 1.33. The lowest BCUT2D eigenvalue weighted by atomic mass is 10.2. The first kappa shape index (κ1) is 14.2. The Labute approximate surface area is 123 Å². The van der Waals surface area contributed by atoms with E-state index in [9.17, 15) is 9.59 Å². The Hall–Kier alpha value is -1.23. The van der Waals surface area contributed by atoms with Crippen LogP contribution >= 0.6 is 33.2 Å². The second kappa shape index (κ2) is 6.80. The molecule has 0 fully saturated rings. The highest BCUT2D eigenvalue weighted by molar-refractivity contribution is 8.87. The molecule has 5 heteroatoms. The van der Waals surface area contributed by atoms with Gasteiger partial charge in [-0.15, -0.1) is 0 Å². The van der Waals surface area contributed by atoms with Gasteiger partial charge in [0.25, 0.3) is 0 Å². The fourth-order valence-corrected chi connectivity index (χ4v) is 3.11. The molecule has 0 aromatic heterocycles. The first-order valence-corrected chi connectivity index (χ1v) is 7.93. The van der Waals surface area contributed by atoms with E-state index in [1.807, 2.05) is 6.07 Å². The first-order chi connectivity index (χ1) is 9.16. The minimum absolute atomic E-state index is 0.132. The summed E-state index contributed by atoms with van der Waals surface area (Å²) < 4.78 is 0. The molecule has 0 saturated carbocycles. The summed E-state index contributed by atoms with van der Waals surface area (Å²) in [6.07, 6.45) is 0. The second-order valence-corrected chi connectivity index (χ2v) is 6.13. The van der Waals surface area contributed by atoms with Crippen LogP contribution in [0.15, 0.2) is 54.6 Å². The number of hydrogen-bond donors (Lipinski definition) is 0. The van der Waals surface area contributed by atoms with Crippen molar-refractivity contribution in [3.05, 3.63) is 70.7 Å². The van der Waals surface area contributed by atoms with Gasteiger partial charge in [-0.3, -0.25) is 9.59 Å². The maximum atomic E-state index is 11.8. The molecule has 19 heavy (non-hydrogen) atoms. The number of carbonyl (C=O) groups excluding carboxylic acids is 2. The fraction of sp³-hybridized carbons (Fsp3) is 0. The van der Waals surface area contributed by atoms with Gasteiger partial charge in [0.1, 0.15) is 0 Å². The quantitative estimate of drug-likeness (QED) is 0.753. The molecule has 0 bridgehead atoms. The maximum absolute atomic E-state index is 11.8. The van der Waals surface area contributed by atoms with Gasteiger partial charge in [-0.1, -0.05) is 41.9 Å². The van der Waals surface area contributed by atoms with Gasteiger partial charge in [-0.05, 0) is 45.9 Å². The van der Waals surface area contributed by atoms with Crippen LogP contribution in [0.3, 0.4) is 0 Å². The largest absolute Gasteiger partial charge is 0.281 e. The van der Waals surface area contributed by atoms with Crippen molar-refractivity contribution < 1.29 is 9.59 Å². The van der Waals surface area contributed by atoms with Crippen molar-refractivity contribution in [1.29, 1.82) is 0 Å². The Morgan fingerprint density at radius 2 is 1.21 bits per heavy atom. The number of hydrogen-bond acceptors (Lipinski definition) is 4. The summed E-state index contributed by atoms with van der Waals surface area (Å²) in [5.74, 6) is 0. The van der Waals surface area contributed by atoms with E-state index in [4.69, 9.17) is 11.6 Å². The highest BCUT2D eigenvalue weighted by atomic mass is 35.5. The van der Waals surface area contributed by atoms with Crippen LogP contribution in [0.1, 0.15) is 20.7 Å². The topological polar surface area (TPSA) is 34.1 Å². The highest BCUT2D eigenvalue weighted by Gasteiger charge is 2.12. The third-order valence-electron chi connectivity index (χ3n) is 2.28. The highest BCUT2D eigenvalue weighted by Crippen LogP contribution is 2.29. The van der Waals surface area contributed by atoms with Gasteiger partial charge in [0.15, 0.2) is 0 Å². The maximum Gasteiger partial charge on any atom is 0.230 e. The number of benzene rings is 2. The minimum Gasteiger partial charge on any atom is -0.281 e. The van der Waals surface area contributed by atoms with E-state index in [2.05, 4.69) is 0 Å². The van der Waals surface area contributed by atoms with Crippen molar-refractivity contribution in [2.45, 2.75) is 0 Å². The van der Waals surface area contributed by atoms with E-state index in [0.29, 0.717) is 16.1 Å². The molecule has 0 amide bonds. The zero-order valence-electron chi connectivity index (χ0n) is 9.71. The molecule has 2 rings (SSSR count). The summed E-state index contributed by atoms with van der Waals surface area (Å²) >= 11 is 5.75. The van der Waals surface area contributed by atoms with E-state index in [1.165, 1.54) is 0 Å². The van der Waals surface area contributed by atoms with Crippen molar-refractivity contribution in [3.63, 3.8) is 0 Å². The molecule has 0 aliphatic carbocycles. The molecule has 96 valence electrons. The SMILES string of the molecule is O=C(SSC(=O)c1ccc(Cl)cc1)c1ccccc1. The zero-order valence-corrected chi connectivity index (χ0v) is 12.1. The molecule has 0 atom stereocenters. The molecule has 2 aromatic carbocycles. The molecule has 0 N–H and O–H groups in total. The summed E-state index contributed by atoms with van der Waals surface area (Å²) in [7, 11) is 1.86. The summed E-state index contributed by atoms with van der Waals surface area (Å²) in [5, 5.41) is 0.286. The monoisotopic (exact) mass is 308 g/mol. The van der Waals surface area contributed by atoms with Crippen LogP contribution in [0.25, 0.3) is 0 Å². The van der Waals surface area contributed by atoms with Gasteiger partial charge in [-0.2, -0.15) is 0 Å². The van der Waals surface area contributed by atoms with Crippen molar-refractivity contribution in [2.24, 2.45) is 0 Å². The Bertz CT molecular complexity index is 582. The first-order valence-electron chi connectivity index (χ1n) is 5.40. The third-order valence-corrected chi connectivity index (χ3v) is 4.55. The molecule has 0 spiro atoms. The average Bonchev–Trinajstić information content (AvgIpc) is 2.46. The number of rotatable bonds is 2. The molecule has 0 aliphatic heterocycles. The summed E-state index contributed by atoms with van der Waals surface area (Å²) in [6, 6.07) is 15.5. The second-order valence-electron chi connectivity index (χ2n) is 3.61. The molecule has 0 radical (unpaired) electrons. The van der Waals surface area contributed by atoms with Crippen molar-refractivity contribution in [2.75, 3.05) is 0 Å². The predicted molar refractivity (Wildman–Crippen MR) is 81.7 cm³/mol. The Morgan fingerprint density at radius 3 is 1.74 bits per heavy atom. The van der Waals surface area contributed by atoms with Crippen molar-refractivity contribution >= 4 is 43.4 Å². The van der Waals surface area contributed by atoms with Crippen LogP contribution in [0, 0.1) is 0 Å². The molecule has 0 aliphatic rings. The lowest BCUT2D eigenvalue weighted by molar-refractivity contribution is 0.107. The lowest BCUT2D eigenvalue weighted by Crippen LogP contribution is -1.94. The third kappa shape index (κ3) is 4.13. The number of halogens is 1. The van der Waals surface area contributed by atoms with Gasteiger partial charge in [0.2, 0.25) is 10.2 Å². The van der Waals surface area contributed by atoms with Gasteiger partial charge in [0.05, 0.1) is 0 Å². The molecule has 2 nitrogen and oxygen atoms in total. The van der Waals surface area contributed by atoms with Gasteiger partial charge < -0.3 is 0 Å². The average molecular weight is 309 g/mol. The number of carbonyl (C=O) groups is 2. The van der Waals surface area contributed by atoms with Crippen LogP contribution in [-0.2, 0) is 0 Å². The Morgan fingerprint density at radius 1 is 0.737 bits per heavy atom. The standard InChI is InChI=1S/C14H9ClO2S2/c15-12-8-6-11(7-9-12)14(17)19-18-13(16)10-4-2-1-3-5-10/h1-9H. The van der Waals surface area contributed by atoms with Crippen LogP contribution in [0.2, 0.25) is 5.02 Å². The van der Waals surface area contributed by atoms with Crippen LogP contribution in [-0.4, -0.2) is 10.2 Å². The molecule has 2 aromatic rings. The van der Waals surface area contributed by atoms with E-state index in [-0.39, 0.29) is 10.2 Å². The summed E-state index contributed by atoms with van der Waals surface area (Å²) in [5.41, 5.74) is 1.12. The Balaban J connectivity index is 1.94. The summed E-state index contributed by atoms with van der Waals surface area (Å²) in [6.45, 7) is 0.